The monoisotopic (exact) mass is 348 g/mol. The summed E-state index contributed by atoms with van der Waals surface area (Å²) in [6, 6.07) is 13.2. The van der Waals surface area contributed by atoms with Crippen molar-refractivity contribution in [1.82, 2.24) is 5.32 Å². The Hall–Kier alpha value is -2.04. The molecule has 4 nitrogen and oxygen atoms in total. The fourth-order valence-corrected chi connectivity index (χ4v) is 3.02. The molecular weight excluding hydrogens is 335 g/mol. The number of benzene rings is 2. The lowest BCUT2D eigenvalue weighted by atomic mass is 10.2. The van der Waals surface area contributed by atoms with Crippen molar-refractivity contribution in [2.45, 2.75) is 12.5 Å². The molecule has 0 spiro atoms. The number of hydrogen-bond acceptors (Lipinski definition) is 2. The van der Waals surface area contributed by atoms with Crippen molar-refractivity contribution in [1.29, 1.82) is 0 Å². The van der Waals surface area contributed by atoms with Crippen LogP contribution in [-0.2, 0) is 4.79 Å². The molecule has 1 fully saturated rings. The molecule has 2 aromatic rings. The lowest BCUT2D eigenvalue weighted by molar-refractivity contribution is -0.118. The van der Waals surface area contributed by atoms with Crippen LogP contribution in [0.3, 0.4) is 0 Å². The molecule has 2 amide bonds. The summed E-state index contributed by atoms with van der Waals surface area (Å²) in [6.07, 6.45) is 0.538. The van der Waals surface area contributed by atoms with Gasteiger partial charge in [-0.05, 0) is 36.8 Å². The molecule has 1 heterocycles. The van der Waals surface area contributed by atoms with Crippen LogP contribution in [0, 0.1) is 0 Å². The van der Waals surface area contributed by atoms with Crippen molar-refractivity contribution in [2.24, 2.45) is 0 Å². The average molecular weight is 349 g/mol. The molecule has 1 atom stereocenters. The normalized spacial score (nSPS) is 17.4. The summed E-state index contributed by atoms with van der Waals surface area (Å²) >= 11 is 12.0. The molecule has 1 N–H and O–H groups in total. The second-order valence-corrected chi connectivity index (χ2v) is 6.11. The summed E-state index contributed by atoms with van der Waals surface area (Å²) in [6.45, 7) is 0.517. The van der Waals surface area contributed by atoms with Crippen molar-refractivity contribution < 1.29 is 9.59 Å². The van der Waals surface area contributed by atoms with Gasteiger partial charge in [-0.25, -0.2) is 0 Å². The molecule has 0 saturated carbocycles. The minimum Gasteiger partial charge on any atom is -0.340 e. The zero-order chi connectivity index (χ0) is 16.4. The highest BCUT2D eigenvalue weighted by Gasteiger charge is 2.34. The van der Waals surface area contributed by atoms with E-state index in [0.29, 0.717) is 34.3 Å². The third kappa shape index (κ3) is 3.33. The Bertz CT molecular complexity index is 764. The minimum atomic E-state index is -0.558. The zero-order valence-electron chi connectivity index (χ0n) is 12.1. The van der Waals surface area contributed by atoms with Gasteiger partial charge < -0.3 is 10.2 Å². The Labute approximate surface area is 144 Å². The first-order valence-corrected chi connectivity index (χ1v) is 7.94. The topological polar surface area (TPSA) is 49.4 Å². The number of carbonyl (C=O) groups is 2. The molecule has 2 aromatic carbocycles. The van der Waals surface area contributed by atoms with E-state index in [0.717, 1.165) is 0 Å². The van der Waals surface area contributed by atoms with Gasteiger partial charge in [0, 0.05) is 17.1 Å². The van der Waals surface area contributed by atoms with Gasteiger partial charge in [-0.15, -0.1) is 0 Å². The number of para-hydroxylation sites is 1. The van der Waals surface area contributed by atoms with E-state index in [9.17, 15) is 9.59 Å². The third-order valence-electron chi connectivity index (χ3n) is 3.74. The van der Waals surface area contributed by atoms with Gasteiger partial charge in [0.25, 0.3) is 5.91 Å². The van der Waals surface area contributed by atoms with Gasteiger partial charge in [-0.3, -0.25) is 9.59 Å². The van der Waals surface area contributed by atoms with Gasteiger partial charge in [0.1, 0.15) is 6.04 Å². The molecule has 6 heteroatoms. The van der Waals surface area contributed by atoms with Crippen LogP contribution in [0.2, 0.25) is 10.0 Å². The molecule has 1 aliphatic rings. The standard InChI is InChI=1S/C17H14Cl2N2O2/c18-12-5-3-4-11(10-12)16(22)20-14-8-9-21(17(14)23)15-7-2-1-6-13(15)19/h1-7,10,14H,8-9H2,(H,20,22). The zero-order valence-corrected chi connectivity index (χ0v) is 13.6. The van der Waals surface area contributed by atoms with E-state index in [4.69, 9.17) is 23.2 Å². The molecular formula is C17H14Cl2N2O2. The number of hydrogen-bond donors (Lipinski definition) is 1. The highest BCUT2D eigenvalue weighted by atomic mass is 35.5. The van der Waals surface area contributed by atoms with E-state index >= 15 is 0 Å². The van der Waals surface area contributed by atoms with Crippen LogP contribution in [0.15, 0.2) is 48.5 Å². The first-order chi connectivity index (χ1) is 11.1. The SMILES string of the molecule is O=C(NC1CCN(c2ccccc2Cl)C1=O)c1cccc(Cl)c1. The van der Waals surface area contributed by atoms with Crippen molar-refractivity contribution in [3.8, 4) is 0 Å². The van der Waals surface area contributed by atoms with E-state index in [1.54, 1.807) is 41.3 Å². The molecule has 118 valence electrons. The predicted molar refractivity (Wildman–Crippen MR) is 91.1 cm³/mol. The Morgan fingerprint density at radius 3 is 2.65 bits per heavy atom. The molecule has 1 saturated heterocycles. The second-order valence-electron chi connectivity index (χ2n) is 5.27. The molecule has 1 aliphatic heterocycles. The van der Waals surface area contributed by atoms with Crippen LogP contribution in [0.5, 0.6) is 0 Å². The van der Waals surface area contributed by atoms with Crippen molar-refractivity contribution in [2.75, 3.05) is 11.4 Å². The summed E-state index contributed by atoms with van der Waals surface area (Å²) in [7, 11) is 0. The maximum Gasteiger partial charge on any atom is 0.251 e. The van der Waals surface area contributed by atoms with Crippen LogP contribution in [0.25, 0.3) is 0 Å². The van der Waals surface area contributed by atoms with Gasteiger partial charge >= 0.3 is 0 Å². The molecule has 1 unspecified atom stereocenters. The van der Waals surface area contributed by atoms with E-state index in [1.807, 2.05) is 12.1 Å². The van der Waals surface area contributed by atoms with Crippen LogP contribution in [0.4, 0.5) is 5.69 Å². The maximum absolute atomic E-state index is 12.5. The van der Waals surface area contributed by atoms with Crippen molar-refractivity contribution in [3.63, 3.8) is 0 Å². The molecule has 3 rings (SSSR count). The highest BCUT2D eigenvalue weighted by Crippen LogP contribution is 2.29. The quantitative estimate of drug-likeness (QED) is 0.922. The number of nitrogens with one attached hydrogen (secondary N) is 1. The fourth-order valence-electron chi connectivity index (χ4n) is 2.59. The van der Waals surface area contributed by atoms with Crippen LogP contribution < -0.4 is 10.2 Å². The fraction of sp³-hybridized carbons (Fsp3) is 0.176. The van der Waals surface area contributed by atoms with Gasteiger partial charge in [0.2, 0.25) is 5.91 Å². The number of anilines is 1. The Kier molecular flexibility index (Phi) is 4.55. The summed E-state index contributed by atoms with van der Waals surface area (Å²) in [5.74, 6) is -0.472. The summed E-state index contributed by atoms with van der Waals surface area (Å²) < 4.78 is 0. The molecule has 0 aliphatic carbocycles. The summed E-state index contributed by atoms with van der Waals surface area (Å²) in [5, 5.41) is 3.76. The van der Waals surface area contributed by atoms with E-state index in [-0.39, 0.29) is 11.8 Å². The second kappa shape index (κ2) is 6.60. The van der Waals surface area contributed by atoms with Crippen LogP contribution >= 0.6 is 23.2 Å². The van der Waals surface area contributed by atoms with Gasteiger partial charge in [0.05, 0.1) is 10.7 Å². The average Bonchev–Trinajstić information content (AvgIpc) is 2.89. The van der Waals surface area contributed by atoms with Gasteiger partial charge in [0.15, 0.2) is 0 Å². The number of amides is 2. The van der Waals surface area contributed by atoms with Crippen molar-refractivity contribution >= 4 is 40.7 Å². The molecule has 0 radical (unpaired) electrons. The van der Waals surface area contributed by atoms with Crippen LogP contribution in [-0.4, -0.2) is 24.4 Å². The Morgan fingerprint density at radius 1 is 1.13 bits per heavy atom. The first kappa shape index (κ1) is 15.8. The predicted octanol–water partition coefficient (Wildman–Crippen LogP) is 3.53. The van der Waals surface area contributed by atoms with E-state index in [2.05, 4.69) is 5.32 Å². The molecule has 0 bridgehead atoms. The van der Waals surface area contributed by atoms with Crippen LogP contribution in [0.1, 0.15) is 16.8 Å². The lowest BCUT2D eigenvalue weighted by Crippen LogP contribution is -2.41. The number of rotatable bonds is 3. The highest BCUT2D eigenvalue weighted by molar-refractivity contribution is 6.34. The lowest BCUT2D eigenvalue weighted by Gasteiger charge is -2.18. The Balaban J connectivity index is 1.72. The summed E-state index contributed by atoms with van der Waals surface area (Å²) in [4.78, 5) is 26.4. The molecule has 23 heavy (non-hydrogen) atoms. The number of nitrogens with zero attached hydrogens (tertiary/aromatic N) is 1. The summed E-state index contributed by atoms with van der Waals surface area (Å²) in [5.41, 5.74) is 1.10. The Morgan fingerprint density at radius 2 is 1.91 bits per heavy atom. The van der Waals surface area contributed by atoms with Gasteiger partial charge in [-0.2, -0.15) is 0 Å². The minimum absolute atomic E-state index is 0.159. The number of carbonyl (C=O) groups excluding carboxylic acids is 2. The smallest absolute Gasteiger partial charge is 0.251 e. The third-order valence-corrected chi connectivity index (χ3v) is 4.30. The first-order valence-electron chi connectivity index (χ1n) is 7.18. The van der Waals surface area contributed by atoms with E-state index < -0.39 is 6.04 Å². The molecule has 0 aromatic heterocycles. The largest absolute Gasteiger partial charge is 0.340 e. The maximum atomic E-state index is 12.5. The van der Waals surface area contributed by atoms with Gasteiger partial charge in [-0.1, -0.05) is 41.4 Å². The van der Waals surface area contributed by atoms with E-state index in [1.165, 1.54) is 0 Å². The number of halogens is 2. The van der Waals surface area contributed by atoms with Crippen molar-refractivity contribution in [3.05, 3.63) is 64.1 Å².